The van der Waals surface area contributed by atoms with Crippen molar-refractivity contribution in [2.45, 2.75) is 51.6 Å². The van der Waals surface area contributed by atoms with E-state index >= 15 is 0 Å². The zero-order chi connectivity index (χ0) is 18.1. The highest BCUT2D eigenvalue weighted by Gasteiger charge is 2.19. The van der Waals surface area contributed by atoms with Gasteiger partial charge in [-0.3, -0.25) is 9.89 Å². The van der Waals surface area contributed by atoms with E-state index in [0.717, 1.165) is 44.0 Å². The van der Waals surface area contributed by atoms with Crippen molar-refractivity contribution in [1.82, 2.24) is 20.5 Å². The molecule has 0 amide bonds. The third-order valence-corrected chi connectivity index (χ3v) is 3.87. The number of ether oxygens (including phenoxy) is 1. The first-order valence-electron chi connectivity index (χ1n) is 8.75. The fourth-order valence-electron chi connectivity index (χ4n) is 2.59. The van der Waals surface area contributed by atoms with Gasteiger partial charge in [0.1, 0.15) is 11.4 Å². The van der Waals surface area contributed by atoms with Gasteiger partial charge < -0.3 is 10.1 Å². The number of aromatic amines is 1. The Hall–Kier alpha value is -2.21. The lowest BCUT2D eigenvalue weighted by atomic mass is 9.98. The summed E-state index contributed by atoms with van der Waals surface area (Å²) in [6.45, 7) is 8.07. The summed E-state index contributed by atoms with van der Waals surface area (Å²) in [5, 5.41) is 10.8. The van der Waals surface area contributed by atoms with Crippen molar-refractivity contribution in [3.8, 4) is 0 Å². The van der Waals surface area contributed by atoms with Crippen molar-refractivity contribution in [2.75, 3.05) is 13.1 Å². The van der Waals surface area contributed by atoms with Crippen LogP contribution >= 0.6 is 0 Å². The van der Waals surface area contributed by atoms with Crippen molar-refractivity contribution in [3.05, 3.63) is 47.5 Å². The quantitative estimate of drug-likeness (QED) is 0.834. The first kappa shape index (κ1) is 19.1. The number of carbonyl (C=O) groups is 1. The molecule has 0 bridgehead atoms. The summed E-state index contributed by atoms with van der Waals surface area (Å²) in [6.07, 6.45) is 3.12. The number of nitrogens with one attached hydrogen (secondary N) is 2. The number of H-pyrrole nitrogens is 1. The maximum atomic E-state index is 9.60. The minimum absolute atomic E-state index is 0.318. The van der Waals surface area contributed by atoms with E-state index < -0.39 is 0 Å². The number of hydrogen-bond donors (Lipinski definition) is 2. The van der Waals surface area contributed by atoms with Crippen LogP contribution in [0.2, 0.25) is 0 Å². The zero-order valence-corrected chi connectivity index (χ0v) is 15.3. The van der Waals surface area contributed by atoms with Crippen molar-refractivity contribution in [2.24, 2.45) is 0 Å². The topological polar surface area (TPSA) is 79.9 Å². The van der Waals surface area contributed by atoms with Gasteiger partial charge in [0.25, 0.3) is 6.47 Å². The largest absolute Gasteiger partial charge is 0.462 e. The molecule has 3 rings (SSSR count). The summed E-state index contributed by atoms with van der Waals surface area (Å²) in [6, 6.07) is 10.4. The Labute approximate surface area is 149 Å². The number of nitrogens with zero attached hydrogens (tertiary/aromatic N) is 2. The highest BCUT2D eigenvalue weighted by Crippen LogP contribution is 2.21. The molecule has 1 aromatic heterocycles. The Bertz CT molecular complexity index is 628. The van der Waals surface area contributed by atoms with Crippen molar-refractivity contribution in [1.29, 1.82) is 0 Å². The summed E-state index contributed by atoms with van der Waals surface area (Å²) < 4.78 is 4.55. The summed E-state index contributed by atoms with van der Waals surface area (Å²) >= 11 is 0. The van der Waals surface area contributed by atoms with E-state index in [1.54, 1.807) is 0 Å². The molecule has 1 fully saturated rings. The second-order valence-electron chi connectivity index (χ2n) is 7.15. The van der Waals surface area contributed by atoms with Crippen molar-refractivity contribution in [3.63, 3.8) is 0 Å². The molecule has 2 heterocycles. The number of benzene rings is 1. The summed E-state index contributed by atoms with van der Waals surface area (Å²) in [4.78, 5) is 14.2. The lowest BCUT2D eigenvalue weighted by Crippen LogP contribution is -2.27. The fourth-order valence-corrected chi connectivity index (χ4v) is 2.59. The van der Waals surface area contributed by atoms with Gasteiger partial charge in [0.2, 0.25) is 0 Å². The molecule has 1 aliphatic heterocycles. The number of piperidine rings is 1. The minimum Gasteiger partial charge on any atom is -0.462 e. The predicted octanol–water partition coefficient (Wildman–Crippen LogP) is 2.82. The van der Waals surface area contributed by atoms with Gasteiger partial charge in [-0.2, -0.15) is 5.10 Å². The SMILES string of the molecule is CC(C)(C)OC=O.c1ccc(Cc2nc(C3CCNCC3)n[nH]2)cc1. The van der Waals surface area contributed by atoms with E-state index in [-0.39, 0.29) is 5.60 Å². The van der Waals surface area contributed by atoms with Crippen LogP contribution in [0.5, 0.6) is 0 Å². The van der Waals surface area contributed by atoms with E-state index in [9.17, 15) is 4.79 Å². The van der Waals surface area contributed by atoms with Crippen LogP contribution in [-0.2, 0) is 16.0 Å². The summed E-state index contributed by atoms with van der Waals surface area (Å²) in [5.74, 6) is 2.48. The molecule has 0 saturated carbocycles. The normalized spacial score (nSPS) is 15.2. The van der Waals surface area contributed by atoms with Crippen LogP contribution in [0.3, 0.4) is 0 Å². The molecule has 2 aromatic rings. The Morgan fingerprint density at radius 1 is 1.20 bits per heavy atom. The number of aromatic nitrogens is 3. The number of carbonyl (C=O) groups excluding carboxylic acids is 1. The Morgan fingerprint density at radius 2 is 1.88 bits per heavy atom. The van der Waals surface area contributed by atoms with Gasteiger partial charge in [-0.25, -0.2) is 4.98 Å². The van der Waals surface area contributed by atoms with Gasteiger partial charge in [0.15, 0.2) is 5.82 Å². The third-order valence-electron chi connectivity index (χ3n) is 3.87. The molecule has 0 radical (unpaired) electrons. The smallest absolute Gasteiger partial charge is 0.293 e. The molecule has 1 aliphatic rings. The first-order valence-corrected chi connectivity index (χ1v) is 8.75. The van der Waals surface area contributed by atoms with Crippen LogP contribution in [0.4, 0.5) is 0 Å². The second-order valence-corrected chi connectivity index (χ2v) is 7.15. The predicted molar refractivity (Wildman–Crippen MR) is 97.4 cm³/mol. The lowest BCUT2D eigenvalue weighted by molar-refractivity contribution is -0.138. The van der Waals surface area contributed by atoms with Gasteiger partial charge in [0, 0.05) is 12.3 Å². The van der Waals surface area contributed by atoms with Crippen LogP contribution in [-0.4, -0.2) is 40.3 Å². The van der Waals surface area contributed by atoms with Gasteiger partial charge in [-0.05, 0) is 52.3 Å². The Morgan fingerprint density at radius 3 is 2.44 bits per heavy atom. The third kappa shape index (κ3) is 7.05. The maximum absolute atomic E-state index is 9.60. The molecule has 0 aliphatic carbocycles. The van der Waals surface area contributed by atoms with Gasteiger partial charge >= 0.3 is 0 Å². The molecule has 1 saturated heterocycles. The molecule has 25 heavy (non-hydrogen) atoms. The van der Waals surface area contributed by atoms with Crippen LogP contribution in [0.15, 0.2) is 30.3 Å². The van der Waals surface area contributed by atoms with Gasteiger partial charge in [-0.15, -0.1) is 0 Å². The molecule has 1 aromatic carbocycles. The molecular weight excluding hydrogens is 316 g/mol. The van der Waals surface area contributed by atoms with E-state index in [2.05, 4.69) is 49.5 Å². The van der Waals surface area contributed by atoms with Gasteiger partial charge in [0.05, 0.1) is 0 Å². The fraction of sp³-hybridized carbons (Fsp3) is 0.526. The molecular formula is C19H28N4O2. The van der Waals surface area contributed by atoms with E-state index in [1.165, 1.54) is 5.56 Å². The van der Waals surface area contributed by atoms with Crippen molar-refractivity contribution < 1.29 is 9.53 Å². The lowest BCUT2D eigenvalue weighted by Gasteiger charge is -2.19. The first-order chi connectivity index (χ1) is 12.0. The molecule has 0 spiro atoms. The standard InChI is InChI=1S/C14H18N4.C5H10O2/c1-2-4-11(5-3-1)10-13-16-14(18-17-13)12-6-8-15-9-7-12;1-5(2,3)7-4-6/h1-5,12,15H,6-10H2,(H,16,17,18);4H,1-3H3. The number of hydrogen-bond acceptors (Lipinski definition) is 5. The van der Waals surface area contributed by atoms with Crippen LogP contribution < -0.4 is 5.32 Å². The highest BCUT2D eigenvalue weighted by atomic mass is 16.5. The van der Waals surface area contributed by atoms with Crippen LogP contribution in [0, 0.1) is 0 Å². The van der Waals surface area contributed by atoms with Crippen LogP contribution in [0.1, 0.15) is 56.7 Å². The average Bonchev–Trinajstić information content (AvgIpc) is 3.05. The molecule has 136 valence electrons. The molecule has 6 heteroatoms. The van der Waals surface area contributed by atoms with Gasteiger partial charge in [-0.1, -0.05) is 30.3 Å². The highest BCUT2D eigenvalue weighted by molar-refractivity contribution is 5.37. The van der Waals surface area contributed by atoms with E-state index in [0.29, 0.717) is 12.4 Å². The molecule has 6 nitrogen and oxygen atoms in total. The molecule has 2 N–H and O–H groups in total. The van der Waals surface area contributed by atoms with Crippen molar-refractivity contribution >= 4 is 6.47 Å². The van der Waals surface area contributed by atoms with Crippen LogP contribution in [0.25, 0.3) is 0 Å². The monoisotopic (exact) mass is 344 g/mol. The maximum Gasteiger partial charge on any atom is 0.293 e. The minimum atomic E-state index is -0.318. The second kappa shape index (κ2) is 9.32. The summed E-state index contributed by atoms with van der Waals surface area (Å²) in [7, 11) is 0. The molecule has 0 atom stereocenters. The Kier molecular flexibility index (Phi) is 7.13. The van der Waals surface area contributed by atoms with E-state index in [1.807, 2.05) is 26.8 Å². The van der Waals surface area contributed by atoms with E-state index in [4.69, 9.17) is 0 Å². The summed E-state index contributed by atoms with van der Waals surface area (Å²) in [5.41, 5.74) is 0.951. The average molecular weight is 344 g/mol. The molecule has 0 unspecified atom stereocenters. The zero-order valence-electron chi connectivity index (χ0n) is 15.3. The Balaban J connectivity index is 0.000000277. The number of rotatable bonds is 4.